The van der Waals surface area contributed by atoms with Crippen molar-refractivity contribution in [3.63, 3.8) is 0 Å². The molecule has 2 rings (SSSR count). The minimum atomic E-state index is 0.140. The Morgan fingerprint density at radius 1 is 1.39 bits per heavy atom. The van der Waals surface area contributed by atoms with Crippen LogP contribution in [-0.4, -0.2) is 25.6 Å². The second-order valence-corrected chi connectivity index (χ2v) is 4.65. The Morgan fingerprint density at radius 2 is 2.22 bits per heavy atom. The molecule has 1 unspecified atom stereocenters. The van der Waals surface area contributed by atoms with Gasteiger partial charge in [0.2, 0.25) is 0 Å². The SMILES string of the molecule is COc1ccccc1C(=O)CCC1CCCCO1. The number of para-hydroxylation sites is 1. The molecule has 1 fully saturated rings. The van der Waals surface area contributed by atoms with Gasteiger partial charge in [-0.05, 0) is 37.8 Å². The summed E-state index contributed by atoms with van der Waals surface area (Å²) in [6.45, 7) is 0.841. The highest BCUT2D eigenvalue weighted by Crippen LogP contribution is 2.22. The van der Waals surface area contributed by atoms with Crippen LogP contribution < -0.4 is 4.74 Å². The lowest BCUT2D eigenvalue weighted by Crippen LogP contribution is -2.20. The van der Waals surface area contributed by atoms with Gasteiger partial charge >= 0.3 is 0 Å². The van der Waals surface area contributed by atoms with Crippen molar-refractivity contribution in [1.82, 2.24) is 0 Å². The van der Waals surface area contributed by atoms with Crippen LogP contribution >= 0.6 is 0 Å². The molecule has 1 aromatic carbocycles. The monoisotopic (exact) mass is 248 g/mol. The smallest absolute Gasteiger partial charge is 0.166 e. The van der Waals surface area contributed by atoms with Crippen LogP contribution in [0.2, 0.25) is 0 Å². The van der Waals surface area contributed by atoms with Crippen molar-refractivity contribution in [3.05, 3.63) is 29.8 Å². The van der Waals surface area contributed by atoms with Gasteiger partial charge in [0.15, 0.2) is 5.78 Å². The number of Topliss-reactive ketones (excluding diaryl/α,β-unsaturated/α-hetero) is 1. The Hall–Kier alpha value is -1.35. The number of ketones is 1. The van der Waals surface area contributed by atoms with Crippen LogP contribution in [0.1, 0.15) is 42.5 Å². The Labute approximate surface area is 108 Å². The minimum absolute atomic E-state index is 0.140. The van der Waals surface area contributed by atoms with Crippen LogP contribution in [0, 0.1) is 0 Å². The summed E-state index contributed by atoms with van der Waals surface area (Å²) < 4.78 is 10.8. The van der Waals surface area contributed by atoms with E-state index in [0.717, 1.165) is 25.9 Å². The van der Waals surface area contributed by atoms with Crippen molar-refractivity contribution in [3.8, 4) is 5.75 Å². The predicted molar refractivity (Wildman–Crippen MR) is 70.1 cm³/mol. The summed E-state index contributed by atoms with van der Waals surface area (Å²) in [5.74, 6) is 0.800. The van der Waals surface area contributed by atoms with E-state index in [2.05, 4.69) is 0 Å². The first-order valence-electron chi connectivity index (χ1n) is 6.59. The molecule has 1 saturated heterocycles. The molecule has 3 nitrogen and oxygen atoms in total. The summed E-state index contributed by atoms with van der Waals surface area (Å²) in [5.41, 5.74) is 0.677. The predicted octanol–water partition coefficient (Wildman–Crippen LogP) is 3.23. The third kappa shape index (κ3) is 3.33. The van der Waals surface area contributed by atoms with Crippen molar-refractivity contribution < 1.29 is 14.3 Å². The Kier molecular flexibility index (Phi) is 4.76. The summed E-state index contributed by atoms with van der Waals surface area (Å²) >= 11 is 0. The summed E-state index contributed by atoms with van der Waals surface area (Å²) in [6, 6.07) is 7.39. The van der Waals surface area contributed by atoms with Crippen molar-refractivity contribution in [2.24, 2.45) is 0 Å². The quantitative estimate of drug-likeness (QED) is 0.750. The fourth-order valence-electron chi connectivity index (χ4n) is 2.34. The topological polar surface area (TPSA) is 35.5 Å². The first kappa shape index (κ1) is 13.1. The zero-order valence-electron chi connectivity index (χ0n) is 10.9. The van der Waals surface area contributed by atoms with E-state index in [1.807, 2.05) is 24.3 Å². The average Bonchev–Trinajstić information content (AvgIpc) is 2.45. The molecule has 1 heterocycles. The maximum Gasteiger partial charge on any atom is 0.166 e. The lowest BCUT2D eigenvalue weighted by Gasteiger charge is -2.22. The molecule has 1 aliphatic rings. The lowest BCUT2D eigenvalue weighted by molar-refractivity contribution is 0.0104. The highest BCUT2D eigenvalue weighted by atomic mass is 16.5. The summed E-state index contributed by atoms with van der Waals surface area (Å²) in [5, 5.41) is 0. The maximum atomic E-state index is 12.1. The largest absolute Gasteiger partial charge is 0.496 e. The van der Waals surface area contributed by atoms with Gasteiger partial charge in [0.05, 0.1) is 18.8 Å². The van der Waals surface area contributed by atoms with Crippen molar-refractivity contribution >= 4 is 5.78 Å². The third-order valence-corrected chi connectivity index (χ3v) is 3.37. The highest BCUT2D eigenvalue weighted by molar-refractivity contribution is 5.98. The zero-order chi connectivity index (χ0) is 12.8. The van der Waals surface area contributed by atoms with E-state index in [4.69, 9.17) is 9.47 Å². The first-order chi connectivity index (χ1) is 8.81. The van der Waals surface area contributed by atoms with Crippen LogP contribution in [-0.2, 0) is 4.74 Å². The van der Waals surface area contributed by atoms with E-state index < -0.39 is 0 Å². The Balaban J connectivity index is 1.90. The van der Waals surface area contributed by atoms with E-state index in [1.54, 1.807) is 7.11 Å². The minimum Gasteiger partial charge on any atom is -0.496 e. The number of carbonyl (C=O) groups is 1. The molecule has 0 bridgehead atoms. The van der Waals surface area contributed by atoms with Gasteiger partial charge in [-0.25, -0.2) is 0 Å². The molecule has 0 radical (unpaired) electrons. The highest BCUT2D eigenvalue weighted by Gasteiger charge is 2.17. The second-order valence-electron chi connectivity index (χ2n) is 4.65. The fraction of sp³-hybridized carbons (Fsp3) is 0.533. The van der Waals surface area contributed by atoms with E-state index in [9.17, 15) is 4.79 Å². The Bertz CT molecular complexity index is 394. The molecule has 0 N–H and O–H groups in total. The summed E-state index contributed by atoms with van der Waals surface area (Å²) in [6.07, 6.45) is 5.06. The van der Waals surface area contributed by atoms with Crippen molar-refractivity contribution in [2.45, 2.75) is 38.2 Å². The summed E-state index contributed by atoms with van der Waals surface area (Å²) in [4.78, 5) is 12.1. The van der Waals surface area contributed by atoms with E-state index >= 15 is 0 Å². The fourth-order valence-corrected chi connectivity index (χ4v) is 2.34. The molecule has 0 aromatic heterocycles. The van der Waals surface area contributed by atoms with Crippen LogP contribution in [0.3, 0.4) is 0 Å². The third-order valence-electron chi connectivity index (χ3n) is 3.37. The molecule has 0 amide bonds. The van der Waals surface area contributed by atoms with E-state index in [-0.39, 0.29) is 11.9 Å². The second kappa shape index (κ2) is 6.55. The standard InChI is InChI=1S/C15H20O3/c1-17-15-8-3-2-7-13(15)14(16)10-9-12-6-4-5-11-18-12/h2-3,7-8,12H,4-6,9-11H2,1H3. The average molecular weight is 248 g/mol. The number of benzene rings is 1. The molecule has 1 atom stereocenters. The number of rotatable bonds is 5. The Morgan fingerprint density at radius 3 is 2.94 bits per heavy atom. The molecule has 1 aromatic rings. The number of hydrogen-bond donors (Lipinski definition) is 0. The normalized spacial score (nSPS) is 19.5. The lowest BCUT2D eigenvalue weighted by atomic mass is 10.00. The van der Waals surface area contributed by atoms with Crippen molar-refractivity contribution in [2.75, 3.05) is 13.7 Å². The van der Waals surface area contributed by atoms with Crippen molar-refractivity contribution in [1.29, 1.82) is 0 Å². The molecular weight excluding hydrogens is 228 g/mol. The van der Waals surface area contributed by atoms with Gasteiger partial charge in [-0.1, -0.05) is 12.1 Å². The van der Waals surface area contributed by atoms with Gasteiger partial charge in [-0.15, -0.1) is 0 Å². The first-order valence-corrected chi connectivity index (χ1v) is 6.59. The molecule has 1 aliphatic heterocycles. The summed E-state index contributed by atoms with van der Waals surface area (Å²) in [7, 11) is 1.59. The van der Waals surface area contributed by atoms with Gasteiger partial charge in [0.1, 0.15) is 5.75 Å². The molecular formula is C15H20O3. The van der Waals surface area contributed by atoms with E-state index in [0.29, 0.717) is 17.7 Å². The molecule has 98 valence electrons. The molecule has 3 heteroatoms. The molecule has 0 aliphatic carbocycles. The van der Waals surface area contributed by atoms with Gasteiger partial charge in [0, 0.05) is 13.0 Å². The van der Waals surface area contributed by atoms with Crippen LogP contribution in [0.4, 0.5) is 0 Å². The van der Waals surface area contributed by atoms with Gasteiger partial charge in [-0.3, -0.25) is 4.79 Å². The number of methoxy groups -OCH3 is 1. The van der Waals surface area contributed by atoms with Crippen LogP contribution in [0.5, 0.6) is 5.75 Å². The number of hydrogen-bond acceptors (Lipinski definition) is 3. The maximum absolute atomic E-state index is 12.1. The number of carbonyl (C=O) groups excluding carboxylic acids is 1. The van der Waals surface area contributed by atoms with Gasteiger partial charge in [0.25, 0.3) is 0 Å². The molecule has 0 spiro atoms. The zero-order valence-corrected chi connectivity index (χ0v) is 10.9. The number of ether oxygens (including phenoxy) is 2. The van der Waals surface area contributed by atoms with Crippen LogP contribution in [0.15, 0.2) is 24.3 Å². The molecule has 18 heavy (non-hydrogen) atoms. The van der Waals surface area contributed by atoms with Gasteiger partial charge < -0.3 is 9.47 Å². The van der Waals surface area contributed by atoms with E-state index in [1.165, 1.54) is 6.42 Å². The molecule has 0 saturated carbocycles. The van der Waals surface area contributed by atoms with Crippen LogP contribution in [0.25, 0.3) is 0 Å². The van der Waals surface area contributed by atoms with Gasteiger partial charge in [-0.2, -0.15) is 0 Å².